The van der Waals surface area contributed by atoms with Gasteiger partial charge in [-0.3, -0.25) is 4.79 Å². The minimum Gasteiger partial charge on any atom is -0.375 e. The molecule has 0 saturated heterocycles. The number of ether oxygens (including phenoxy) is 1. The van der Waals surface area contributed by atoms with E-state index in [4.69, 9.17) is 16.3 Å². The average Bonchev–Trinajstić information content (AvgIpc) is 2.94. The van der Waals surface area contributed by atoms with Crippen molar-refractivity contribution in [3.63, 3.8) is 0 Å². The monoisotopic (exact) mass is 309 g/mol. The third kappa shape index (κ3) is 4.24. The van der Waals surface area contributed by atoms with Crippen LogP contribution >= 0.6 is 11.6 Å². The molecule has 7 nitrogen and oxygen atoms in total. The molecular formula is C13H16ClN5O2. The number of methoxy groups -OCH3 is 1. The minimum atomic E-state index is -0.264. The molecule has 2 rings (SSSR count). The van der Waals surface area contributed by atoms with Gasteiger partial charge in [-0.25, -0.2) is 4.68 Å². The zero-order valence-corrected chi connectivity index (χ0v) is 12.5. The SMILES string of the molecule is CO[C@@H](c1ccc(Cl)cc1)[C@H](C)NC(=O)Cn1cnnn1. The summed E-state index contributed by atoms with van der Waals surface area (Å²) in [6.45, 7) is 1.94. The number of hydrogen-bond acceptors (Lipinski definition) is 5. The van der Waals surface area contributed by atoms with Gasteiger partial charge >= 0.3 is 0 Å². The second-order valence-electron chi connectivity index (χ2n) is 4.57. The molecular weight excluding hydrogens is 294 g/mol. The summed E-state index contributed by atoms with van der Waals surface area (Å²) in [5, 5.41) is 14.1. The Morgan fingerprint density at radius 3 is 2.71 bits per heavy atom. The van der Waals surface area contributed by atoms with Gasteiger partial charge < -0.3 is 10.1 Å². The lowest BCUT2D eigenvalue weighted by Gasteiger charge is -2.24. The molecule has 21 heavy (non-hydrogen) atoms. The molecule has 1 N–H and O–H groups in total. The van der Waals surface area contributed by atoms with Crippen molar-refractivity contribution in [3.8, 4) is 0 Å². The van der Waals surface area contributed by atoms with E-state index in [0.717, 1.165) is 5.56 Å². The van der Waals surface area contributed by atoms with Gasteiger partial charge in [-0.2, -0.15) is 0 Å². The molecule has 1 aromatic heterocycles. The van der Waals surface area contributed by atoms with Crippen LogP contribution in [0.25, 0.3) is 0 Å². The molecule has 0 aliphatic heterocycles. The summed E-state index contributed by atoms with van der Waals surface area (Å²) in [6.07, 6.45) is 1.12. The van der Waals surface area contributed by atoms with Crippen LogP contribution in [0.1, 0.15) is 18.6 Å². The smallest absolute Gasteiger partial charge is 0.242 e. The van der Waals surface area contributed by atoms with Gasteiger partial charge in [0.1, 0.15) is 19.0 Å². The molecule has 1 amide bonds. The van der Waals surface area contributed by atoms with Gasteiger partial charge in [0.05, 0.1) is 6.04 Å². The van der Waals surface area contributed by atoms with E-state index >= 15 is 0 Å². The first-order valence-corrected chi connectivity index (χ1v) is 6.76. The van der Waals surface area contributed by atoms with E-state index in [1.807, 2.05) is 19.1 Å². The topological polar surface area (TPSA) is 81.9 Å². The Balaban J connectivity index is 1.98. The van der Waals surface area contributed by atoms with Crippen molar-refractivity contribution in [2.45, 2.75) is 25.6 Å². The number of halogens is 1. The van der Waals surface area contributed by atoms with E-state index in [1.165, 1.54) is 11.0 Å². The summed E-state index contributed by atoms with van der Waals surface area (Å²) >= 11 is 5.87. The first-order chi connectivity index (χ1) is 10.1. The number of nitrogens with one attached hydrogen (secondary N) is 1. The summed E-state index contributed by atoms with van der Waals surface area (Å²) in [5.41, 5.74) is 0.942. The van der Waals surface area contributed by atoms with Crippen molar-refractivity contribution in [2.24, 2.45) is 0 Å². The van der Waals surface area contributed by atoms with Gasteiger partial charge in [0.2, 0.25) is 5.91 Å². The van der Waals surface area contributed by atoms with E-state index in [9.17, 15) is 4.79 Å². The quantitative estimate of drug-likeness (QED) is 0.867. The normalized spacial score (nSPS) is 13.7. The van der Waals surface area contributed by atoms with Crippen LogP contribution in [0, 0.1) is 0 Å². The predicted molar refractivity (Wildman–Crippen MR) is 76.6 cm³/mol. The van der Waals surface area contributed by atoms with Gasteiger partial charge in [-0.05, 0) is 35.0 Å². The summed E-state index contributed by atoms with van der Waals surface area (Å²) in [7, 11) is 1.60. The minimum absolute atomic E-state index is 0.0639. The van der Waals surface area contributed by atoms with Crippen molar-refractivity contribution in [3.05, 3.63) is 41.2 Å². The maximum atomic E-state index is 11.9. The molecule has 0 aliphatic rings. The van der Waals surface area contributed by atoms with E-state index in [2.05, 4.69) is 20.8 Å². The van der Waals surface area contributed by atoms with Crippen molar-refractivity contribution in [1.82, 2.24) is 25.5 Å². The van der Waals surface area contributed by atoms with Crippen LogP contribution in [0.2, 0.25) is 5.02 Å². The van der Waals surface area contributed by atoms with E-state index in [-0.39, 0.29) is 24.6 Å². The van der Waals surface area contributed by atoms with Crippen LogP contribution in [0.3, 0.4) is 0 Å². The van der Waals surface area contributed by atoms with Crippen molar-refractivity contribution >= 4 is 17.5 Å². The molecule has 0 saturated carbocycles. The molecule has 112 valence electrons. The summed E-state index contributed by atoms with van der Waals surface area (Å²) in [4.78, 5) is 11.9. The number of aromatic nitrogens is 4. The van der Waals surface area contributed by atoms with E-state index in [1.54, 1.807) is 19.2 Å². The Morgan fingerprint density at radius 2 is 2.14 bits per heavy atom. The van der Waals surface area contributed by atoms with Gasteiger partial charge in [0.25, 0.3) is 0 Å². The van der Waals surface area contributed by atoms with Crippen LogP contribution < -0.4 is 5.32 Å². The summed E-state index contributed by atoms with van der Waals surface area (Å²) in [6, 6.07) is 7.12. The van der Waals surface area contributed by atoms with E-state index < -0.39 is 0 Å². The maximum Gasteiger partial charge on any atom is 0.242 e. The number of carbonyl (C=O) groups is 1. The zero-order chi connectivity index (χ0) is 15.2. The fourth-order valence-corrected chi connectivity index (χ4v) is 2.18. The van der Waals surface area contributed by atoms with Gasteiger partial charge in [0, 0.05) is 12.1 Å². The predicted octanol–water partition coefficient (Wildman–Crippen LogP) is 1.22. The second kappa shape index (κ2) is 7.14. The van der Waals surface area contributed by atoms with Gasteiger partial charge in [0.15, 0.2) is 0 Å². The van der Waals surface area contributed by atoms with Crippen LogP contribution in [0.15, 0.2) is 30.6 Å². The molecule has 2 aromatic rings. The number of benzene rings is 1. The largest absolute Gasteiger partial charge is 0.375 e. The lowest BCUT2D eigenvalue weighted by Crippen LogP contribution is -2.39. The number of nitrogens with zero attached hydrogens (tertiary/aromatic N) is 4. The number of amides is 1. The highest BCUT2D eigenvalue weighted by molar-refractivity contribution is 6.30. The molecule has 0 bridgehead atoms. The van der Waals surface area contributed by atoms with Crippen LogP contribution in [-0.4, -0.2) is 39.3 Å². The molecule has 0 spiro atoms. The van der Waals surface area contributed by atoms with Crippen LogP contribution in [0.4, 0.5) is 0 Å². The standard InChI is InChI=1S/C13H16ClN5O2/c1-9(16-12(20)7-19-8-15-17-18-19)13(21-2)10-3-5-11(14)6-4-10/h3-6,8-9,13H,7H2,1-2H3,(H,16,20)/t9-,13+/m0/s1. The average molecular weight is 310 g/mol. The second-order valence-corrected chi connectivity index (χ2v) is 5.01. The number of carbonyl (C=O) groups excluding carboxylic acids is 1. The van der Waals surface area contributed by atoms with Crippen molar-refractivity contribution in [1.29, 1.82) is 0 Å². The zero-order valence-electron chi connectivity index (χ0n) is 11.7. The fourth-order valence-electron chi connectivity index (χ4n) is 2.06. The summed E-state index contributed by atoms with van der Waals surface area (Å²) < 4.78 is 6.82. The lowest BCUT2D eigenvalue weighted by molar-refractivity contribution is -0.123. The Hall–Kier alpha value is -1.99. The van der Waals surface area contributed by atoms with Crippen molar-refractivity contribution < 1.29 is 9.53 Å². The fraction of sp³-hybridized carbons (Fsp3) is 0.385. The number of tetrazole rings is 1. The Labute approximate surface area is 127 Å². The molecule has 2 atom stereocenters. The molecule has 1 aromatic carbocycles. The molecule has 0 aliphatic carbocycles. The maximum absolute atomic E-state index is 11.9. The highest BCUT2D eigenvalue weighted by Gasteiger charge is 2.20. The van der Waals surface area contributed by atoms with Gasteiger partial charge in [-0.15, -0.1) is 5.10 Å². The Kier molecular flexibility index (Phi) is 5.24. The molecule has 1 heterocycles. The third-order valence-electron chi connectivity index (χ3n) is 2.99. The summed E-state index contributed by atoms with van der Waals surface area (Å²) in [5.74, 6) is -0.189. The molecule has 0 fully saturated rings. The van der Waals surface area contributed by atoms with Gasteiger partial charge in [-0.1, -0.05) is 23.7 Å². The molecule has 0 radical (unpaired) electrons. The highest BCUT2D eigenvalue weighted by Crippen LogP contribution is 2.22. The molecule has 8 heteroatoms. The Bertz CT molecular complexity index is 573. The van der Waals surface area contributed by atoms with Crippen molar-refractivity contribution in [2.75, 3.05) is 7.11 Å². The number of rotatable bonds is 6. The number of hydrogen-bond donors (Lipinski definition) is 1. The van der Waals surface area contributed by atoms with Crippen LogP contribution in [0.5, 0.6) is 0 Å². The van der Waals surface area contributed by atoms with E-state index in [0.29, 0.717) is 5.02 Å². The lowest BCUT2D eigenvalue weighted by atomic mass is 10.0. The Morgan fingerprint density at radius 1 is 1.43 bits per heavy atom. The first-order valence-electron chi connectivity index (χ1n) is 6.38. The molecule has 0 unspecified atom stereocenters. The highest BCUT2D eigenvalue weighted by atomic mass is 35.5. The third-order valence-corrected chi connectivity index (χ3v) is 3.24. The first kappa shape index (κ1) is 15.4. The van der Waals surface area contributed by atoms with Crippen LogP contribution in [-0.2, 0) is 16.1 Å².